The third-order valence-electron chi connectivity index (χ3n) is 2.67. The first-order valence-corrected chi connectivity index (χ1v) is 6.18. The highest BCUT2D eigenvalue weighted by Gasteiger charge is 2.13. The first-order valence-electron chi connectivity index (χ1n) is 5.39. The number of fused-ring (bicyclic) bond motifs is 1. The Bertz CT molecular complexity index is 733. The van der Waals surface area contributed by atoms with Crippen LogP contribution in [0, 0.1) is 0 Å². The molecule has 0 amide bonds. The first-order chi connectivity index (χ1) is 8.74. The SMILES string of the molecule is O=C(c1ccc2cccnc2c1)c1ccc(Br)o1. The minimum atomic E-state index is -0.145. The maximum atomic E-state index is 12.2. The summed E-state index contributed by atoms with van der Waals surface area (Å²) in [6, 6.07) is 12.6. The van der Waals surface area contributed by atoms with E-state index in [2.05, 4.69) is 20.9 Å². The van der Waals surface area contributed by atoms with Crippen LogP contribution in [0.1, 0.15) is 16.1 Å². The Labute approximate surface area is 112 Å². The Morgan fingerprint density at radius 1 is 1.17 bits per heavy atom. The summed E-state index contributed by atoms with van der Waals surface area (Å²) >= 11 is 3.18. The van der Waals surface area contributed by atoms with E-state index in [4.69, 9.17) is 4.42 Å². The lowest BCUT2D eigenvalue weighted by Gasteiger charge is -2.00. The minimum absolute atomic E-state index is 0.145. The normalized spacial score (nSPS) is 10.7. The molecule has 0 aliphatic rings. The lowest BCUT2D eigenvalue weighted by atomic mass is 10.1. The van der Waals surface area contributed by atoms with Crippen molar-refractivity contribution in [3.05, 3.63) is 64.7 Å². The van der Waals surface area contributed by atoms with Crippen LogP contribution in [0.5, 0.6) is 0 Å². The van der Waals surface area contributed by atoms with Gasteiger partial charge in [0.05, 0.1) is 5.52 Å². The standard InChI is InChI=1S/C14H8BrNO2/c15-13-6-5-12(18-13)14(17)10-4-3-9-2-1-7-16-11(9)8-10/h1-8H. The summed E-state index contributed by atoms with van der Waals surface area (Å²) in [5, 5.41) is 1.01. The maximum absolute atomic E-state index is 12.2. The third kappa shape index (κ3) is 1.95. The monoisotopic (exact) mass is 301 g/mol. The van der Waals surface area contributed by atoms with Crippen LogP contribution in [0.2, 0.25) is 0 Å². The number of hydrogen-bond acceptors (Lipinski definition) is 3. The molecule has 0 saturated heterocycles. The van der Waals surface area contributed by atoms with Crippen molar-refractivity contribution in [2.75, 3.05) is 0 Å². The topological polar surface area (TPSA) is 43.1 Å². The number of halogens is 1. The molecule has 88 valence electrons. The zero-order chi connectivity index (χ0) is 12.5. The molecular formula is C14H8BrNO2. The molecule has 3 aromatic rings. The molecule has 0 spiro atoms. The molecule has 3 nitrogen and oxygen atoms in total. The van der Waals surface area contributed by atoms with E-state index < -0.39 is 0 Å². The molecule has 0 aliphatic carbocycles. The Morgan fingerprint density at radius 2 is 2.06 bits per heavy atom. The summed E-state index contributed by atoms with van der Waals surface area (Å²) in [5.74, 6) is 0.172. The summed E-state index contributed by atoms with van der Waals surface area (Å²) in [4.78, 5) is 16.4. The van der Waals surface area contributed by atoms with Gasteiger partial charge in [-0.15, -0.1) is 0 Å². The average molecular weight is 302 g/mol. The Morgan fingerprint density at radius 3 is 2.83 bits per heavy atom. The average Bonchev–Trinajstić information content (AvgIpc) is 2.84. The second-order valence-corrected chi connectivity index (χ2v) is 4.63. The lowest BCUT2D eigenvalue weighted by molar-refractivity contribution is 0.101. The molecule has 4 heteroatoms. The van der Waals surface area contributed by atoms with Gasteiger partial charge in [0.25, 0.3) is 0 Å². The Hall–Kier alpha value is -1.94. The van der Waals surface area contributed by atoms with Crippen molar-refractivity contribution in [1.29, 1.82) is 0 Å². The molecule has 0 saturated carbocycles. The first kappa shape index (κ1) is 11.2. The van der Waals surface area contributed by atoms with Gasteiger partial charge in [-0.2, -0.15) is 0 Å². The number of hydrogen-bond donors (Lipinski definition) is 0. The van der Waals surface area contributed by atoms with Crippen LogP contribution in [0.15, 0.2) is 57.7 Å². The molecule has 2 heterocycles. The molecule has 0 aliphatic heterocycles. The van der Waals surface area contributed by atoms with E-state index in [1.165, 1.54) is 0 Å². The van der Waals surface area contributed by atoms with Crippen molar-refractivity contribution < 1.29 is 9.21 Å². The second-order valence-electron chi connectivity index (χ2n) is 3.84. The van der Waals surface area contributed by atoms with Gasteiger partial charge in [-0.1, -0.05) is 18.2 Å². The van der Waals surface area contributed by atoms with E-state index in [1.807, 2.05) is 18.2 Å². The number of rotatable bonds is 2. The van der Waals surface area contributed by atoms with E-state index in [1.54, 1.807) is 30.5 Å². The molecule has 3 rings (SSSR count). The molecule has 0 unspecified atom stereocenters. The number of nitrogens with zero attached hydrogens (tertiary/aromatic N) is 1. The number of benzene rings is 1. The summed E-state index contributed by atoms with van der Waals surface area (Å²) in [6.07, 6.45) is 1.71. The lowest BCUT2D eigenvalue weighted by Crippen LogP contribution is -1.99. The highest BCUT2D eigenvalue weighted by Crippen LogP contribution is 2.19. The van der Waals surface area contributed by atoms with Crippen molar-refractivity contribution in [3.8, 4) is 0 Å². The van der Waals surface area contributed by atoms with Crippen molar-refractivity contribution in [1.82, 2.24) is 4.98 Å². The fraction of sp³-hybridized carbons (Fsp3) is 0. The second kappa shape index (κ2) is 4.38. The molecule has 0 bridgehead atoms. The maximum Gasteiger partial charge on any atom is 0.228 e. The van der Waals surface area contributed by atoms with Crippen LogP contribution >= 0.6 is 15.9 Å². The molecule has 0 fully saturated rings. The molecule has 0 radical (unpaired) electrons. The largest absolute Gasteiger partial charge is 0.446 e. The summed E-state index contributed by atoms with van der Waals surface area (Å²) < 4.78 is 5.80. The van der Waals surface area contributed by atoms with E-state index in [0.717, 1.165) is 10.9 Å². The smallest absolute Gasteiger partial charge is 0.228 e. The van der Waals surface area contributed by atoms with Crippen LogP contribution < -0.4 is 0 Å². The van der Waals surface area contributed by atoms with Crippen LogP contribution in [0.3, 0.4) is 0 Å². The Kier molecular flexibility index (Phi) is 2.72. The van der Waals surface area contributed by atoms with Crippen molar-refractivity contribution in [2.24, 2.45) is 0 Å². The summed E-state index contributed by atoms with van der Waals surface area (Å²) in [6.45, 7) is 0. The van der Waals surface area contributed by atoms with E-state index in [0.29, 0.717) is 16.0 Å². The van der Waals surface area contributed by atoms with Crippen molar-refractivity contribution >= 4 is 32.6 Å². The van der Waals surface area contributed by atoms with Gasteiger partial charge in [-0.05, 0) is 40.2 Å². The zero-order valence-corrected chi connectivity index (χ0v) is 10.8. The fourth-order valence-corrected chi connectivity index (χ4v) is 2.09. The van der Waals surface area contributed by atoms with E-state index in [9.17, 15) is 4.79 Å². The van der Waals surface area contributed by atoms with Gasteiger partial charge < -0.3 is 4.42 Å². The molecular weight excluding hydrogens is 294 g/mol. The highest BCUT2D eigenvalue weighted by atomic mass is 79.9. The number of carbonyl (C=O) groups is 1. The number of pyridine rings is 1. The number of carbonyl (C=O) groups excluding carboxylic acids is 1. The van der Waals surface area contributed by atoms with Gasteiger partial charge in [-0.25, -0.2) is 0 Å². The minimum Gasteiger partial charge on any atom is -0.446 e. The van der Waals surface area contributed by atoms with Crippen LogP contribution in [-0.4, -0.2) is 10.8 Å². The van der Waals surface area contributed by atoms with Gasteiger partial charge in [0, 0.05) is 17.1 Å². The Balaban J connectivity index is 2.06. The van der Waals surface area contributed by atoms with E-state index in [-0.39, 0.29) is 5.78 Å². The van der Waals surface area contributed by atoms with Crippen molar-refractivity contribution in [2.45, 2.75) is 0 Å². The van der Waals surface area contributed by atoms with Gasteiger partial charge in [0.2, 0.25) is 5.78 Å². The third-order valence-corrected chi connectivity index (χ3v) is 3.09. The number of furan rings is 1. The van der Waals surface area contributed by atoms with Gasteiger partial charge in [0.15, 0.2) is 10.4 Å². The quantitative estimate of drug-likeness (QED) is 0.676. The number of aromatic nitrogens is 1. The molecule has 1 aromatic carbocycles. The predicted octanol–water partition coefficient (Wildman–Crippen LogP) is 3.82. The van der Waals surface area contributed by atoms with Gasteiger partial charge in [0.1, 0.15) is 0 Å². The fourth-order valence-electron chi connectivity index (χ4n) is 1.79. The van der Waals surface area contributed by atoms with Gasteiger partial charge >= 0.3 is 0 Å². The predicted molar refractivity (Wildman–Crippen MR) is 71.6 cm³/mol. The number of ketones is 1. The summed E-state index contributed by atoms with van der Waals surface area (Å²) in [5.41, 5.74) is 1.37. The molecule has 0 atom stereocenters. The molecule has 2 aromatic heterocycles. The highest BCUT2D eigenvalue weighted by molar-refractivity contribution is 9.10. The van der Waals surface area contributed by atoms with Crippen LogP contribution in [0.4, 0.5) is 0 Å². The molecule has 18 heavy (non-hydrogen) atoms. The molecule has 0 N–H and O–H groups in total. The van der Waals surface area contributed by atoms with Crippen molar-refractivity contribution in [3.63, 3.8) is 0 Å². The zero-order valence-electron chi connectivity index (χ0n) is 9.26. The van der Waals surface area contributed by atoms with Crippen LogP contribution in [0.25, 0.3) is 10.9 Å². The summed E-state index contributed by atoms with van der Waals surface area (Å²) in [7, 11) is 0. The van der Waals surface area contributed by atoms with E-state index >= 15 is 0 Å². The van der Waals surface area contributed by atoms with Crippen LogP contribution in [-0.2, 0) is 0 Å². The van der Waals surface area contributed by atoms with Gasteiger partial charge in [-0.3, -0.25) is 9.78 Å².